The number of hydrogen-bond donors (Lipinski definition) is 1. The van der Waals surface area contributed by atoms with Gasteiger partial charge in [0.1, 0.15) is 11.5 Å². The van der Waals surface area contributed by atoms with Crippen LogP contribution in [0.15, 0.2) is 61.2 Å². The molecule has 0 heterocycles. The Morgan fingerprint density at radius 1 is 0.750 bits per heavy atom. The SMILES string of the molecule is C=CCOC(C)(C)[C@@H](Cc1ccc(OC)cc1)C(C)C.CCCOC(C)(C)[C@@H](Cc1ccc(OC)cc1)[C@H](C)O. The van der Waals surface area contributed by atoms with Crippen LogP contribution in [0.3, 0.4) is 0 Å². The van der Waals surface area contributed by atoms with E-state index < -0.39 is 6.10 Å². The Morgan fingerprint density at radius 3 is 1.52 bits per heavy atom. The minimum atomic E-state index is -0.413. The molecular formula is C35H56O5. The maximum atomic E-state index is 10.1. The zero-order valence-corrected chi connectivity index (χ0v) is 26.8. The van der Waals surface area contributed by atoms with Gasteiger partial charge in [0.05, 0.1) is 38.1 Å². The third-order valence-corrected chi connectivity index (χ3v) is 7.65. The van der Waals surface area contributed by atoms with Crippen molar-refractivity contribution in [3.63, 3.8) is 0 Å². The Morgan fingerprint density at radius 2 is 1.18 bits per heavy atom. The average molecular weight is 557 g/mol. The fourth-order valence-corrected chi connectivity index (χ4v) is 5.17. The summed E-state index contributed by atoms with van der Waals surface area (Å²) in [6.45, 7) is 22.0. The summed E-state index contributed by atoms with van der Waals surface area (Å²) in [6, 6.07) is 16.3. The largest absolute Gasteiger partial charge is 0.497 e. The summed E-state index contributed by atoms with van der Waals surface area (Å²) in [7, 11) is 3.35. The normalized spacial score (nSPS) is 14.1. The Labute approximate surface area is 244 Å². The van der Waals surface area contributed by atoms with Crippen molar-refractivity contribution in [1.29, 1.82) is 0 Å². The van der Waals surface area contributed by atoms with Gasteiger partial charge in [0, 0.05) is 12.5 Å². The summed E-state index contributed by atoms with van der Waals surface area (Å²) < 4.78 is 22.3. The molecule has 0 spiro atoms. The second-order valence-electron chi connectivity index (χ2n) is 12.0. The fourth-order valence-electron chi connectivity index (χ4n) is 5.17. The molecule has 0 aliphatic carbocycles. The van der Waals surface area contributed by atoms with E-state index in [9.17, 15) is 5.11 Å². The Kier molecular flexibility index (Phi) is 15.6. The van der Waals surface area contributed by atoms with Gasteiger partial charge in [0.15, 0.2) is 0 Å². The number of rotatable bonds is 16. The van der Waals surface area contributed by atoms with Crippen molar-refractivity contribution in [2.45, 2.75) is 92.0 Å². The molecule has 2 aromatic carbocycles. The van der Waals surface area contributed by atoms with Crippen molar-refractivity contribution in [2.75, 3.05) is 27.4 Å². The van der Waals surface area contributed by atoms with E-state index in [1.54, 1.807) is 14.2 Å². The summed E-state index contributed by atoms with van der Waals surface area (Å²) in [5.74, 6) is 2.82. The summed E-state index contributed by atoms with van der Waals surface area (Å²) >= 11 is 0. The fraction of sp³-hybridized carbons (Fsp3) is 0.600. The molecule has 0 saturated heterocycles. The smallest absolute Gasteiger partial charge is 0.118 e. The third kappa shape index (κ3) is 12.0. The molecule has 5 nitrogen and oxygen atoms in total. The first-order chi connectivity index (χ1) is 18.8. The number of methoxy groups -OCH3 is 2. The highest BCUT2D eigenvalue weighted by atomic mass is 16.5. The van der Waals surface area contributed by atoms with Crippen molar-refractivity contribution < 1.29 is 24.1 Å². The van der Waals surface area contributed by atoms with Gasteiger partial charge in [-0.25, -0.2) is 0 Å². The lowest BCUT2D eigenvalue weighted by atomic mass is 9.77. The van der Waals surface area contributed by atoms with Gasteiger partial charge in [-0.3, -0.25) is 0 Å². The Hall–Kier alpha value is -2.34. The summed E-state index contributed by atoms with van der Waals surface area (Å²) in [5, 5.41) is 10.1. The number of aliphatic hydroxyl groups excluding tert-OH is 1. The monoisotopic (exact) mass is 556 g/mol. The number of ether oxygens (including phenoxy) is 4. The summed E-state index contributed by atoms with van der Waals surface area (Å²) in [4.78, 5) is 0. The second-order valence-corrected chi connectivity index (χ2v) is 12.0. The van der Waals surface area contributed by atoms with Crippen LogP contribution in [0.4, 0.5) is 0 Å². The Bertz CT molecular complexity index is 945. The van der Waals surface area contributed by atoms with Gasteiger partial charge in [0.25, 0.3) is 0 Å². The first-order valence-electron chi connectivity index (χ1n) is 14.6. The highest BCUT2D eigenvalue weighted by molar-refractivity contribution is 5.28. The Balaban J connectivity index is 0.000000400. The van der Waals surface area contributed by atoms with Crippen molar-refractivity contribution >= 4 is 0 Å². The molecule has 0 bridgehead atoms. The van der Waals surface area contributed by atoms with E-state index in [4.69, 9.17) is 18.9 Å². The predicted octanol–water partition coefficient (Wildman–Crippen LogP) is 7.93. The lowest BCUT2D eigenvalue weighted by molar-refractivity contribution is -0.0929. The van der Waals surface area contributed by atoms with E-state index >= 15 is 0 Å². The number of aliphatic hydroxyl groups is 1. The van der Waals surface area contributed by atoms with E-state index in [1.807, 2.05) is 49.4 Å². The molecule has 2 rings (SSSR count). The second kappa shape index (κ2) is 17.5. The zero-order valence-electron chi connectivity index (χ0n) is 26.8. The molecule has 0 aliphatic rings. The molecule has 0 aromatic heterocycles. The average Bonchev–Trinajstić information content (AvgIpc) is 2.92. The quantitative estimate of drug-likeness (QED) is 0.213. The molecular weight excluding hydrogens is 500 g/mol. The van der Waals surface area contributed by atoms with Gasteiger partial charge < -0.3 is 24.1 Å². The van der Waals surface area contributed by atoms with E-state index in [0.717, 1.165) is 37.4 Å². The highest BCUT2D eigenvalue weighted by Crippen LogP contribution is 2.32. The van der Waals surface area contributed by atoms with Gasteiger partial charge in [-0.05, 0) is 101 Å². The van der Waals surface area contributed by atoms with Crippen LogP contribution in [0.2, 0.25) is 0 Å². The highest BCUT2D eigenvalue weighted by Gasteiger charge is 2.34. The van der Waals surface area contributed by atoms with Crippen LogP contribution in [0.1, 0.15) is 72.9 Å². The topological polar surface area (TPSA) is 57.2 Å². The minimum absolute atomic E-state index is 0.0578. The van der Waals surface area contributed by atoms with E-state index in [2.05, 4.69) is 67.2 Å². The van der Waals surface area contributed by atoms with Crippen molar-refractivity contribution in [1.82, 2.24) is 0 Å². The molecule has 0 fully saturated rings. The molecule has 40 heavy (non-hydrogen) atoms. The van der Waals surface area contributed by atoms with Crippen LogP contribution in [0.5, 0.6) is 11.5 Å². The van der Waals surface area contributed by atoms with Crippen molar-refractivity contribution in [3.8, 4) is 11.5 Å². The molecule has 0 saturated carbocycles. The van der Waals surface area contributed by atoms with Crippen LogP contribution in [-0.4, -0.2) is 49.8 Å². The van der Waals surface area contributed by atoms with Crippen LogP contribution in [0, 0.1) is 17.8 Å². The zero-order chi connectivity index (χ0) is 30.3. The van der Waals surface area contributed by atoms with E-state index in [-0.39, 0.29) is 17.1 Å². The van der Waals surface area contributed by atoms with Crippen LogP contribution >= 0.6 is 0 Å². The van der Waals surface area contributed by atoms with Gasteiger partial charge in [-0.15, -0.1) is 6.58 Å². The lowest BCUT2D eigenvalue weighted by Crippen LogP contribution is -2.42. The molecule has 0 unspecified atom stereocenters. The number of benzene rings is 2. The molecule has 0 amide bonds. The van der Waals surface area contributed by atoms with Gasteiger partial charge in [0.2, 0.25) is 0 Å². The number of hydrogen-bond acceptors (Lipinski definition) is 5. The van der Waals surface area contributed by atoms with Gasteiger partial charge in [-0.2, -0.15) is 0 Å². The van der Waals surface area contributed by atoms with Gasteiger partial charge >= 0.3 is 0 Å². The van der Waals surface area contributed by atoms with Crippen LogP contribution in [-0.2, 0) is 22.3 Å². The molecule has 5 heteroatoms. The third-order valence-electron chi connectivity index (χ3n) is 7.65. The molecule has 0 aliphatic heterocycles. The van der Waals surface area contributed by atoms with Crippen molar-refractivity contribution in [3.05, 3.63) is 72.3 Å². The lowest BCUT2D eigenvalue weighted by Gasteiger charge is -2.37. The summed E-state index contributed by atoms with van der Waals surface area (Å²) in [5.41, 5.74) is 2.00. The minimum Gasteiger partial charge on any atom is -0.497 e. The standard InChI is InChI=1S/C18H28O2.C17H28O3/c1-7-12-20-18(4,5)17(14(2)3)13-15-8-10-16(19-6)11-9-15;1-6-11-20-17(3,4)16(13(2)18)12-14-7-9-15(19-5)10-8-14/h7-11,14,17H,1,12-13H2,2-6H3;7-10,13,16,18H,6,11-12H2,1-5H3/t17-;13-,16-/m00/s1. The van der Waals surface area contributed by atoms with Crippen LogP contribution in [0.25, 0.3) is 0 Å². The maximum Gasteiger partial charge on any atom is 0.118 e. The molecule has 226 valence electrons. The predicted molar refractivity (Wildman–Crippen MR) is 167 cm³/mol. The van der Waals surface area contributed by atoms with E-state index in [1.165, 1.54) is 11.1 Å². The first kappa shape index (κ1) is 35.7. The molecule has 2 aromatic rings. The summed E-state index contributed by atoms with van der Waals surface area (Å²) in [6.07, 6.45) is 4.18. The molecule has 1 N–H and O–H groups in total. The van der Waals surface area contributed by atoms with Crippen LogP contribution < -0.4 is 9.47 Å². The molecule has 0 radical (unpaired) electrons. The van der Waals surface area contributed by atoms with E-state index in [0.29, 0.717) is 18.4 Å². The van der Waals surface area contributed by atoms with Crippen molar-refractivity contribution in [2.24, 2.45) is 17.8 Å². The first-order valence-corrected chi connectivity index (χ1v) is 14.6. The molecule has 3 atom stereocenters. The maximum absolute atomic E-state index is 10.1. The van der Waals surface area contributed by atoms with Gasteiger partial charge in [-0.1, -0.05) is 51.1 Å².